The van der Waals surface area contributed by atoms with Gasteiger partial charge in [0.2, 0.25) is 0 Å². The van der Waals surface area contributed by atoms with E-state index >= 15 is 0 Å². The van der Waals surface area contributed by atoms with Gasteiger partial charge in [-0.1, -0.05) is 35.9 Å². The first-order valence-electron chi connectivity index (χ1n) is 11.2. The molecule has 0 aliphatic heterocycles. The minimum Gasteiger partial charge on any atom is -0.480 e. The fourth-order valence-corrected chi connectivity index (χ4v) is 5.04. The second-order valence-corrected chi connectivity index (χ2v) is 10.2. The molecule has 0 atom stereocenters. The third kappa shape index (κ3) is 5.81. The third-order valence-corrected chi connectivity index (χ3v) is 7.26. The summed E-state index contributed by atoms with van der Waals surface area (Å²) in [6.07, 6.45) is 1.44. The minimum atomic E-state index is -0.663. The molecule has 0 bridgehead atoms. The van der Waals surface area contributed by atoms with Gasteiger partial charge in [-0.05, 0) is 30.3 Å². The number of thiazole rings is 2. The number of carbonyl (C=O) groups is 1. The second-order valence-electron chi connectivity index (χ2n) is 7.88. The Kier molecular flexibility index (Phi) is 7.60. The van der Waals surface area contributed by atoms with Crippen molar-refractivity contribution in [1.82, 2.24) is 15.0 Å². The highest BCUT2D eigenvalue weighted by molar-refractivity contribution is 7.10. The molecule has 188 valence electrons. The van der Waals surface area contributed by atoms with Crippen LogP contribution in [0.2, 0.25) is 5.02 Å². The zero-order valence-corrected chi connectivity index (χ0v) is 22.0. The van der Waals surface area contributed by atoms with Gasteiger partial charge in [-0.2, -0.15) is 5.26 Å². The number of nitrogens with two attached hydrogens (primary N) is 1. The molecule has 0 radical (unpaired) electrons. The second kappa shape index (κ2) is 11.4. The Hall–Kier alpha value is -4.30. The van der Waals surface area contributed by atoms with Crippen LogP contribution in [0.4, 0.5) is 0 Å². The highest BCUT2D eigenvalue weighted by Gasteiger charge is 2.19. The fraction of sp³-hybridized carbons (Fsp3) is 0.0741. The maximum Gasteiger partial charge on any atom is 0.258 e. The first-order chi connectivity index (χ1) is 18.5. The van der Waals surface area contributed by atoms with E-state index in [1.165, 1.54) is 34.9 Å². The Morgan fingerprint density at radius 2 is 1.47 bits per heavy atom. The lowest BCUT2D eigenvalue weighted by Gasteiger charge is -2.13. The first-order valence-corrected chi connectivity index (χ1v) is 13.3. The van der Waals surface area contributed by atoms with E-state index in [9.17, 15) is 4.79 Å². The molecule has 5 aromatic rings. The van der Waals surface area contributed by atoms with Crippen LogP contribution in [0, 0.1) is 11.3 Å². The average Bonchev–Trinajstić information content (AvgIpc) is 3.61. The topological polar surface area (TPSA) is 124 Å². The quantitative estimate of drug-likeness (QED) is 0.231. The first kappa shape index (κ1) is 25.4. The molecule has 5 rings (SSSR count). The van der Waals surface area contributed by atoms with Gasteiger partial charge in [0, 0.05) is 33.1 Å². The van der Waals surface area contributed by atoms with Gasteiger partial charge in [-0.15, -0.1) is 22.7 Å². The Labute approximate surface area is 230 Å². The van der Waals surface area contributed by atoms with E-state index in [2.05, 4.69) is 21.0 Å². The number of carbonyl (C=O) groups excluding carboxylic acids is 1. The van der Waals surface area contributed by atoms with Crippen molar-refractivity contribution in [3.05, 3.63) is 97.7 Å². The average molecular weight is 560 g/mol. The smallest absolute Gasteiger partial charge is 0.258 e. The van der Waals surface area contributed by atoms with Crippen molar-refractivity contribution in [2.24, 2.45) is 5.73 Å². The van der Waals surface area contributed by atoms with Crippen LogP contribution in [-0.2, 0) is 13.2 Å². The Balaban J connectivity index is 1.30. The molecule has 38 heavy (non-hydrogen) atoms. The Bertz CT molecular complexity index is 1630. The molecule has 11 heteroatoms. The summed E-state index contributed by atoms with van der Waals surface area (Å²) in [5.41, 5.74) is 9.71. The van der Waals surface area contributed by atoms with E-state index in [4.69, 9.17) is 32.1 Å². The molecule has 3 aromatic heterocycles. The van der Waals surface area contributed by atoms with Crippen molar-refractivity contribution in [3.8, 4) is 40.2 Å². The van der Waals surface area contributed by atoms with Crippen LogP contribution in [0.15, 0.2) is 71.6 Å². The molecule has 0 saturated heterocycles. The fourth-order valence-electron chi connectivity index (χ4n) is 3.49. The predicted molar refractivity (Wildman–Crippen MR) is 146 cm³/mol. The third-order valence-electron chi connectivity index (χ3n) is 5.36. The normalized spacial score (nSPS) is 10.6. The van der Waals surface area contributed by atoms with Gasteiger partial charge >= 0.3 is 0 Å². The van der Waals surface area contributed by atoms with Crippen LogP contribution in [0.25, 0.3) is 22.5 Å². The number of hydrogen-bond acceptors (Lipinski definition) is 9. The van der Waals surface area contributed by atoms with Gasteiger partial charge in [0.25, 0.3) is 11.8 Å². The summed E-state index contributed by atoms with van der Waals surface area (Å²) in [7, 11) is 0. The lowest BCUT2D eigenvalue weighted by atomic mass is 10.1. The van der Waals surface area contributed by atoms with Crippen LogP contribution in [0.3, 0.4) is 0 Å². The number of amides is 1. The predicted octanol–water partition coefficient (Wildman–Crippen LogP) is 6.11. The largest absolute Gasteiger partial charge is 0.480 e. The molecule has 0 aliphatic carbocycles. The van der Waals surface area contributed by atoms with Crippen molar-refractivity contribution in [2.75, 3.05) is 0 Å². The van der Waals surface area contributed by atoms with Crippen LogP contribution in [0.1, 0.15) is 25.9 Å². The van der Waals surface area contributed by atoms with Gasteiger partial charge in [-0.25, -0.2) is 15.0 Å². The number of nitrogens with zero attached hydrogens (tertiary/aromatic N) is 4. The zero-order chi connectivity index (χ0) is 26.5. The molecule has 0 spiro atoms. The number of hydrogen-bond donors (Lipinski definition) is 1. The summed E-state index contributed by atoms with van der Waals surface area (Å²) in [6, 6.07) is 18.2. The molecule has 0 saturated carbocycles. The summed E-state index contributed by atoms with van der Waals surface area (Å²) in [5, 5.41) is 14.9. The lowest BCUT2D eigenvalue weighted by Crippen LogP contribution is -2.14. The van der Waals surface area contributed by atoms with Crippen LogP contribution >= 0.6 is 34.3 Å². The summed E-state index contributed by atoms with van der Waals surface area (Å²) >= 11 is 8.83. The maximum atomic E-state index is 12.1. The SMILES string of the molecule is N#Cc1ccc(-c2csc(COc3c(C(N)=O)ccnc3OCc3nc(-c4ccc(Cl)cc4)cs3)n2)cc1. The number of pyridine rings is 1. The van der Waals surface area contributed by atoms with Gasteiger partial charge in [-0.3, -0.25) is 4.79 Å². The summed E-state index contributed by atoms with van der Waals surface area (Å²) < 4.78 is 11.9. The molecule has 0 aliphatic rings. The molecule has 8 nitrogen and oxygen atoms in total. The number of aromatic nitrogens is 3. The number of halogens is 1. The van der Waals surface area contributed by atoms with E-state index in [1.54, 1.807) is 12.1 Å². The van der Waals surface area contributed by atoms with Crippen molar-refractivity contribution in [3.63, 3.8) is 0 Å². The van der Waals surface area contributed by atoms with Crippen molar-refractivity contribution >= 4 is 40.2 Å². The minimum absolute atomic E-state index is 0.0846. The number of benzene rings is 2. The van der Waals surface area contributed by atoms with Crippen molar-refractivity contribution in [1.29, 1.82) is 5.26 Å². The van der Waals surface area contributed by atoms with Crippen LogP contribution in [-0.4, -0.2) is 20.9 Å². The van der Waals surface area contributed by atoms with Gasteiger partial charge < -0.3 is 15.2 Å². The molecule has 1 amide bonds. The van der Waals surface area contributed by atoms with E-state index in [0.29, 0.717) is 15.6 Å². The van der Waals surface area contributed by atoms with E-state index in [-0.39, 0.29) is 30.4 Å². The standard InChI is InChI=1S/C27H18ClN5O3S2/c28-19-7-5-18(6-8-19)22-15-38-24(33-22)13-36-27-25(20(26(30)34)9-10-31-27)35-12-23-32-21(14-37-23)17-3-1-16(11-29)2-4-17/h1-10,14-15H,12-13H2,(H2,30,34). The summed E-state index contributed by atoms with van der Waals surface area (Å²) in [6.45, 7) is 0.213. The monoisotopic (exact) mass is 559 g/mol. The van der Waals surface area contributed by atoms with Gasteiger partial charge in [0.15, 0.2) is 5.75 Å². The summed E-state index contributed by atoms with van der Waals surface area (Å²) in [4.78, 5) is 25.6. The highest BCUT2D eigenvalue weighted by Crippen LogP contribution is 2.32. The van der Waals surface area contributed by atoms with Gasteiger partial charge in [0.1, 0.15) is 23.2 Å². The van der Waals surface area contributed by atoms with E-state index < -0.39 is 5.91 Å². The zero-order valence-electron chi connectivity index (χ0n) is 19.6. The van der Waals surface area contributed by atoms with Gasteiger partial charge in [0.05, 0.1) is 28.6 Å². The molecule has 3 heterocycles. The molecule has 0 fully saturated rings. The maximum absolute atomic E-state index is 12.1. The Morgan fingerprint density at radius 3 is 2.05 bits per heavy atom. The van der Waals surface area contributed by atoms with E-state index in [0.717, 1.165) is 27.5 Å². The van der Waals surface area contributed by atoms with E-state index in [1.807, 2.05) is 47.2 Å². The van der Waals surface area contributed by atoms with Crippen molar-refractivity contribution < 1.29 is 14.3 Å². The molecular formula is C27H18ClN5O3S2. The molecule has 0 unspecified atom stereocenters. The molecular weight excluding hydrogens is 542 g/mol. The number of ether oxygens (including phenoxy) is 2. The Morgan fingerprint density at radius 1 is 0.895 bits per heavy atom. The number of nitriles is 1. The molecule has 2 aromatic carbocycles. The van der Waals surface area contributed by atoms with Crippen molar-refractivity contribution in [2.45, 2.75) is 13.2 Å². The molecule has 2 N–H and O–H groups in total. The highest BCUT2D eigenvalue weighted by atomic mass is 35.5. The van der Waals surface area contributed by atoms with Crippen LogP contribution < -0.4 is 15.2 Å². The number of primary amides is 1. The van der Waals surface area contributed by atoms with Crippen LogP contribution in [0.5, 0.6) is 11.6 Å². The number of rotatable bonds is 9. The lowest BCUT2D eigenvalue weighted by molar-refractivity contribution is 0.0994. The summed E-state index contributed by atoms with van der Waals surface area (Å²) in [5.74, 6) is -0.387.